The van der Waals surface area contributed by atoms with Crippen molar-refractivity contribution in [3.8, 4) is 28.1 Å². The fraction of sp³-hybridized carbons (Fsp3) is 0.167. The second-order valence-corrected chi connectivity index (χ2v) is 8.15. The highest BCUT2D eigenvalue weighted by molar-refractivity contribution is 5.65. The zero-order chi connectivity index (χ0) is 24.8. The summed E-state index contributed by atoms with van der Waals surface area (Å²) in [6.45, 7) is 4.11. The molecule has 0 amide bonds. The molecule has 1 heterocycles. The molecule has 0 saturated carbocycles. The minimum Gasteiger partial charge on any atom is -0.491 e. The number of nitrogens with zero attached hydrogens (tertiary/aromatic N) is 1. The van der Waals surface area contributed by atoms with Gasteiger partial charge in [0, 0.05) is 11.8 Å². The number of pyridine rings is 1. The van der Waals surface area contributed by atoms with Crippen LogP contribution in [0.3, 0.4) is 0 Å². The maximum absolute atomic E-state index is 14.8. The first-order valence-electron chi connectivity index (χ1n) is 11.6. The zero-order valence-electron chi connectivity index (χ0n) is 19.7. The molecule has 5 heteroatoms. The van der Waals surface area contributed by atoms with Gasteiger partial charge in [-0.1, -0.05) is 54.6 Å². The van der Waals surface area contributed by atoms with Crippen LogP contribution < -0.4 is 4.74 Å². The largest absolute Gasteiger partial charge is 0.491 e. The second-order valence-electron chi connectivity index (χ2n) is 8.15. The number of aromatic nitrogens is 1. The number of ether oxygens (including phenoxy) is 1. The summed E-state index contributed by atoms with van der Waals surface area (Å²) in [4.78, 5) is 4.26. The Morgan fingerprint density at radius 2 is 1.60 bits per heavy atom. The number of benzene rings is 3. The third-order valence-electron chi connectivity index (χ3n) is 5.79. The van der Waals surface area contributed by atoms with E-state index in [0.29, 0.717) is 30.7 Å². The quantitative estimate of drug-likeness (QED) is 0.258. The number of rotatable bonds is 8. The van der Waals surface area contributed by atoms with Crippen LogP contribution in [0.15, 0.2) is 79.0 Å². The molecule has 4 aromatic rings. The third kappa shape index (κ3) is 5.62. The predicted molar refractivity (Wildman–Crippen MR) is 135 cm³/mol. The highest BCUT2D eigenvalue weighted by Gasteiger charge is 2.15. The molecule has 0 unspecified atom stereocenters. The normalized spacial score (nSPS) is 11.2. The maximum Gasteiger partial charge on any atom is 0.168 e. The van der Waals surface area contributed by atoms with E-state index in [1.807, 2.05) is 62.4 Å². The summed E-state index contributed by atoms with van der Waals surface area (Å²) in [5, 5.41) is 0. The van der Waals surface area contributed by atoms with Crippen LogP contribution in [0.5, 0.6) is 5.75 Å². The lowest BCUT2D eigenvalue weighted by molar-refractivity contribution is 0.321. The maximum atomic E-state index is 14.8. The fourth-order valence-corrected chi connectivity index (χ4v) is 3.93. The van der Waals surface area contributed by atoms with Crippen LogP contribution in [0.1, 0.15) is 30.5 Å². The Labute approximate surface area is 203 Å². The summed E-state index contributed by atoms with van der Waals surface area (Å²) in [6, 6.07) is 19.2. The number of aryl methyl sites for hydroxylation is 2. The fourth-order valence-electron chi connectivity index (χ4n) is 3.93. The van der Waals surface area contributed by atoms with Gasteiger partial charge in [0.15, 0.2) is 23.2 Å². The molecule has 0 aliphatic carbocycles. The van der Waals surface area contributed by atoms with Gasteiger partial charge in [-0.15, -0.1) is 0 Å². The summed E-state index contributed by atoms with van der Waals surface area (Å²) in [7, 11) is 0. The topological polar surface area (TPSA) is 22.1 Å². The van der Waals surface area contributed by atoms with Gasteiger partial charge in [-0.25, -0.2) is 13.2 Å². The van der Waals surface area contributed by atoms with E-state index in [1.165, 1.54) is 6.07 Å². The molecule has 0 aliphatic rings. The van der Waals surface area contributed by atoms with Crippen molar-refractivity contribution < 1.29 is 17.9 Å². The first kappa shape index (κ1) is 24.3. The van der Waals surface area contributed by atoms with E-state index < -0.39 is 17.5 Å². The molecule has 0 N–H and O–H groups in total. The van der Waals surface area contributed by atoms with Gasteiger partial charge in [0.1, 0.15) is 0 Å². The average molecular weight is 474 g/mol. The van der Waals surface area contributed by atoms with Crippen LogP contribution in [0.4, 0.5) is 13.2 Å². The molecule has 0 fully saturated rings. The van der Waals surface area contributed by atoms with E-state index in [0.717, 1.165) is 22.3 Å². The molecule has 0 spiro atoms. The Morgan fingerprint density at radius 1 is 0.829 bits per heavy atom. The Kier molecular flexibility index (Phi) is 7.66. The van der Waals surface area contributed by atoms with Crippen LogP contribution in [-0.2, 0) is 12.8 Å². The van der Waals surface area contributed by atoms with Crippen LogP contribution >= 0.6 is 0 Å². The molecule has 1 aromatic heterocycles. The standard InChI is InChI=1S/C30H26F3NO/c1-3-5-21-9-16-27(34-19-21)25-15-13-23(29(32)30(25)33)12-8-20-6-10-22(11-7-20)24-14-17-28(35-4-2)26(31)18-24/h3,5-7,9-11,13-19H,4,8,12H2,1-2H3. The van der Waals surface area contributed by atoms with Crippen molar-refractivity contribution in [2.24, 2.45) is 0 Å². The summed E-state index contributed by atoms with van der Waals surface area (Å²) in [5.41, 5.74) is 4.33. The second kappa shape index (κ2) is 11.0. The summed E-state index contributed by atoms with van der Waals surface area (Å²) in [6.07, 6.45) is 6.31. The van der Waals surface area contributed by atoms with E-state index in [2.05, 4.69) is 4.98 Å². The van der Waals surface area contributed by atoms with Gasteiger partial charge in [-0.05, 0) is 78.8 Å². The predicted octanol–water partition coefficient (Wildman–Crippen LogP) is 8.05. The Morgan fingerprint density at radius 3 is 2.26 bits per heavy atom. The summed E-state index contributed by atoms with van der Waals surface area (Å²) >= 11 is 0. The van der Waals surface area contributed by atoms with E-state index in [9.17, 15) is 13.2 Å². The van der Waals surface area contributed by atoms with Crippen molar-refractivity contribution in [1.29, 1.82) is 0 Å². The zero-order valence-corrected chi connectivity index (χ0v) is 19.7. The van der Waals surface area contributed by atoms with Crippen molar-refractivity contribution in [1.82, 2.24) is 4.98 Å². The van der Waals surface area contributed by atoms with Crippen LogP contribution in [0.25, 0.3) is 28.5 Å². The van der Waals surface area contributed by atoms with Crippen molar-refractivity contribution >= 4 is 6.08 Å². The van der Waals surface area contributed by atoms with Gasteiger partial charge < -0.3 is 4.74 Å². The average Bonchev–Trinajstić information content (AvgIpc) is 2.87. The number of hydrogen-bond acceptors (Lipinski definition) is 2. The molecule has 0 saturated heterocycles. The highest BCUT2D eigenvalue weighted by Crippen LogP contribution is 2.28. The molecule has 0 aliphatic heterocycles. The summed E-state index contributed by atoms with van der Waals surface area (Å²) < 4.78 is 49.0. The van der Waals surface area contributed by atoms with Crippen LogP contribution in [0.2, 0.25) is 0 Å². The number of hydrogen-bond donors (Lipinski definition) is 0. The van der Waals surface area contributed by atoms with E-state index in [1.54, 1.807) is 30.5 Å². The lowest BCUT2D eigenvalue weighted by atomic mass is 9.98. The van der Waals surface area contributed by atoms with Gasteiger partial charge in [-0.3, -0.25) is 4.98 Å². The molecular weight excluding hydrogens is 447 g/mol. The van der Waals surface area contributed by atoms with E-state index in [4.69, 9.17) is 4.74 Å². The van der Waals surface area contributed by atoms with Crippen molar-refractivity contribution in [3.05, 3.63) is 113 Å². The van der Waals surface area contributed by atoms with Gasteiger partial charge in [-0.2, -0.15) is 0 Å². The van der Waals surface area contributed by atoms with Crippen molar-refractivity contribution in [2.45, 2.75) is 26.7 Å². The molecule has 4 rings (SSSR count). The first-order chi connectivity index (χ1) is 17.0. The lowest BCUT2D eigenvalue weighted by Gasteiger charge is -2.10. The van der Waals surface area contributed by atoms with Crippen molar-refractivity contribution in [3.63, 3.8) is 0 Å². The Bertz CT molecular complexity index is 1330. The van der Waals surface area contributed by atoms with Crippen molar-refractivity contribution in [2.75, 3.05) is 6.61 Å². The van der Waals surface area contributed by atoms with E-state index >= 15 is 0 Å². The monoisotopic (exact) mass is 473 g/mol. The smallest absolute Gasteiger partial charge is 0.168 e. The molecular formula is C30H26F3NO. The molecule has 0 bridgehead atoms. The van der Waals surface area contributed by atoms with Gasteiger partial charge in [0.25, 0.3) is 0 Å². The van der Waals surface area contributed by atoms with Crippen LogP contribution in [-0.4, -0.2) is 11.6 Å². The first-order valence-corrected chi connectivity index (χ1v) is 11.6. The Hall–Kier alpha value is -3.86. The van der Waals surface area contributed by atoms with E-state index in [-0.39, 0.29) is 11.3 Å². The number of halogens is 3. The summed E-state index contributed by atoms with van der Waals surface area (Å²) in [5.74, 6) is -1.90. The molecule has 0 atom stereocenters. The molecule has 0 radical (unpaired) electrons. The molecule has 35 heavy (non-hydrogen) atoms. The molecule has 178 valence electrons. The minimum atomic E-state index is -0.887. The SMILES string of the molecule is CC=Cc1ccc(-c2ccc(CCc3ccc(-c4ccc(OCC)c(F)c4)cc3)c(F)c2F)nc1. The molecule has 2 nitrogen and oxygen atoms in total. The lowest BCUT2D eigenvalue weighted by Crippen LogP contribution is -2.00. The Balaban J connectivity index is 1.45. The number of allylic oxidation sites excluding steroid dienone is 1. The van der Waals surface area contributed by atoms with Gasteiger partial charge in [0.05, 0.1) is 12.3 Å². The minimum absolute atomic E-state index is 0.144. The van der Waals surface area contributed by atoms with Gasteiger partial charge in [0.2, 0.25) is 0 Å². The third-order valence-corrected chi connectivity index (χ3v) is 5.79. The highest BCUT2D eigenvalue weighted by atomic mass is 19.2. The molecule has 3 aromatic carbocycles. The van der Waals surface area contributed by atoms with Crippen LogP contribution in [0, 0.1) is 17.5 Å². The van der Waals surface area contributed by atoms with Gasteiger partial charge >= 0.3 is 0 Å².